The molecule has 2 heterocycles. The van der Waals surface area contributed by atoms with E-state index in [0.29, 0.717) is 0 Å². The number of nitrogens with zero attached hydrogens (tertiary/aromatic N) is 5. The van der Waals surface area contributed by atoms with Crippen LogP contribution in [0.3, 0.4) is 0 Å². The molecule has 0 saturated carbocycles. The molecule has 3 rings (SSSR count). The van der Waals surface area contributed by atoms with Crippen molar-refractivity contribution in [1.82, 2.24) is 25.0 Å². The molecule has 2 aromatic heterocycles. The third-order valence-corrected chi connectivity index (χ3v) is 3.89. The molecule has 4 N–H and O–H groups in total. The molecule has 1 aromatic carbocycles. The largest absolute Gasteiger partial charge is 0.364 e. The predicted molar refractivity (Wildman–Crippen MR) is 101 cm³/mol. The van der Waals surface area contributed by atoms with Crippen molar-refractivity contribution in [2.24, 2.45) is 5.73 Å². The number of hydrogen-bond acceptors (Lipinski definition) is 7. The summed E-state index contributed by atoms with van der Waals surface area (Å²) in [6.07, 6.45) is 2.00. The zero-order valence-corrected chi connectivity index (χ0v) is 15.5. The highest BCUT2D eigenvalue weighted by Gasteiger charge is 2.18. The monoisotopic (exact) mass is 354 g/mol. The first kappa shape index (κ1) is 17.6. The topological polar surface area (TPSA) is 124 Å². The molecule has 1 amide bonds. The number of carbonyl (C=O) groups is 1. The van der Waals surface area contributed by atoms with Crippen molar-refractivity contribution in [3.8, 4) is 0 Å². The van der Waals surface area contributed by atoms with E-state index in [1.54, 1.807) is 7.05 Å². The molecule has 0 radical (unpaired) electrons. The van der Waals surface area contributed by atoms with Crippen molar-refractivity contribution >= 4 is 34.3 Å². The smallest absolute Gasteiger partial charge is 0.273 e. The van der Waals surface area contributed by atoms with Gasteiger partial charge in [0.2, 0.25) is 5.95 Å². The van der Waals surface area contributed by atoms with E-state index < -0.39 is 5.91 Å². The molecule has 9 heteroatoms. The van der Waals surface area contributed by atoms with Crippen LogP contribution in [0, 0.1) is 6.92 Å². The van der Waals surface area contributed by atoms with Crippen molar-refractivity contribution in [1.29, 1.82) is 0 Å². The standard InChI is InChI=1S/C17H22N8O/c1-9-6-11(7-10-8-25(17(2,3)4)24-12(9)10)20-15-13(14(18)26)22-23-16(19-5)21-15/h6-8H,1-5H3,(H2,18,26)(H2,19,20,21,23). The van der Waals surface area contributed by atoms with Crippen LogP contribution in [0.15, 0.2) is 18.3 Å². The van der Waals surface area contributed by atoms with E-state index in [9.17, 15) is 4.79 Å². The number of fused-ring (bicyclic) bond motifs is 1. The first-order valence-electron chi connectivity index (χ1n) is 8.19. The second kappa shape index (κ2) is 6.25. The lowest BCUT2D eigenvalue weighted by atomic mass is 10.1. The van der Waals surface area contributed by atoms with Crippen LogP contribution in [0.1, 0.15) is 36.8 Å². The van der Waals surface area contributed by atoms with Crippen LogP contribution in [0.25, 0.3) is 10.9 Å². The number of aromatic nitrogens is 5. The molecular formula is C17H22N8O. The molecule has 0 aliphatic rings. The van der Waals surface area contributed by atoms with Crippen LogP contribution in [0.2, 0.25) is 0 Å². The molecule has 0 aliphatic heterocycles. The van der Waals surface area contributed by atoms with Gasteiger partial charge < -0.3 is 16.4 Å². The molecule has 0 saturated heterocycles. The van der Waals surface area contributed by atoms with Gasteiger partial charge in [-0.1, -0.05) is 0 Å². The van der Waals surface area contributed by atoms with Crippen LogP contribution in [-0.4, -0.2) is 37.9 Å². The molecular weight excluding hydrogens is 332 g/mol. The van der Waals surface area contributed by atoms with E-state index in [1.165, 1.54) is 0 Å². The second-order valence-electron chi connectivity index (χ2n) is 7.05. The van der Waals surface area contributed by atoms with Gasteiger partial charge in [0.15, 0.2) is 11.5 Å². The van der Waals surface area contributed by atoms with Gasteiger partial charge in [-0.3, -0.25) is 9.48 Å². The number of amides is 1. The first-order valence-corrected chi connectivity index (χ1v) is 8.19. The van der Waals surface area contributed by atoms with Crippen LogP contribution >= 0.6 is 0 Å². The van der Waals surface area contributed by atoms with Crippen molar-refractivity contribution in [3.05, 3.63) is 29.6 Å². The summed E-state index contributed by atoms with van der Waals surface area (Å²) in [4.78, 5) is 15.9. The zero-order valence-electron chi connectivity index (χ0n) is 15.5. The van der Waals surface area contributed by atoms with Crippen LogP contribution in [0.5, 0.6) is 0 Å². The summed E-state index contributed by atoms with van der Waals surface area (Å²) in [5.41, 5.74) is 7.93. The summed E-state index contributed by atoms with van der Waals surface area (Å²) in [6, 6.07) is 3.89. The SMILES string of the molecule is CNc1nnc(C(N)=O)c(Nc2cc(C)c3nn(C(C)(C)C)cc3c2)n1. The summed E-state index contributed by atoms with van der Waals surface area (Å²) in [5, 5.41) is 19.2. The van der Waals surface area contributed by atoms with Gasteiger partial charge in [0.05, 0.1) is 11.1 Å². The van der Waals surface area contributed by atoms with Gasteiger partial charge >= 0.3 is 0 Å². The van der Waals surface area contributed by atoms with Gasteiger partial charge in [0.1, 0.15) is 0 Å². The van der Waals surface area contributed by atoms with Gasteiger partial charge in [-0.05, 0) is 45.4 Å². The fourth-order valence-corrected chi connectivity index (χ4v) is 2.55. The van der Waals surface area contributed by atoms with Crippen LogP contribution < -0.4 is 16.4 Å². The molecule has 9 nitrogen and oxygen atoms in total. The second-order valence-corrected chi connectivity index (χ2v) is 7.05. The Labute approximate surface area is 151 Å². The third-order valence-electron chi connectivity index (χ3n) is 3.89. The molecule has 3 aromatic rings. The lowest BCUT2D eigenvalue weighted by molar-refractivity contribution is 0.0995. The maximum Gasteiger partial charge on any atom is 0.273 e. The van der Waals surface area contributed by atoms with E-state index >= 15 is 0 Å². The molecule has 0 atom stereocenters. The minimum atomic E-state index is -0.700. The molecule has 136 valence electrons. The number of primary amides is 1. The molecule has 26 heavy (non-hydrogen) atoms. The third kappa shape index (κ3) is 3.28. The van der Waals surface area contributed by atoms with Crippen molar-refractivity contribution < 1.29 is 4.79 Å². The normalized spacial score (nSPS) is 11.6. The Balaban J connectivity index is 2.06. The van der Waals surface area contributed by atoms with Gasteiger partial charge in [-0.15, -0.1) is 10.2 Å². The van der Waals surface area contributed by atoms with E-state index in [1.807, 2.05) is 29.9 Å². The lowest BCUT2D eigenvalue weighted by Gasteiger charge is -2.18. The Morgan fingerprint density at radius 1 is 1.23 bits per heavy atom. The molecule has 0 unspecified atom stereocenters. The number of aryl methyl sites for hydroxylation is 1. The quantitative estimate of drug-likeness (QED) is 0.656. The number of benzene rings is 1. The van der Waals surface area contributed by atoms with Crippen molar-refractivity contribution in [3.63, 3.8) is 0 Å². The first-order chi connectivity index (χ1) is 12.2. The number of carbonyl (C=O) groups excluding carboxylic acids is 1. The van der Waals surface area contributed by atoms with E-state index in [2.05, 4.69) is 51.7 Å². The number of hydrogen-bond donors (Lipinski definition) is 3. The number of rotatable bonds is 4. The molecule has 0 aliphatic carbocycles. The predicted octanol–water partition coefficient (Wildman–Crippen LogP) is 2.17. The lowest BCUT2D eigenvalue weighted by Crippen LogP contribution is -2.21. The van der Waals surface area contributed by atoms with Gasteiger partial charge in [0.25, 0.3) is 5.91 Å². The summed E-state index contributed by atoms with van der Waals surface area (Å²) in [7, 11) is 1.67. The Hall–Kier alpha value is -3.23. The maximum atomic E-state index is 11.6. The van der Waals surface area contributed by atoms with E-state index in [-0.39, 0.29) is 23.0 Å². The highest BCUT2D eigenvalue weighted by atomic mass is 16.1. The summed E-state index contributed by atoms with van der Waals surface area (Å²) >= 11 is 0. The Morgan fingerprint density at radius 2 is 1.96 bits per heavy atom. The highest BCUT2D eigenvalue weighted by Crippen LogP contribution is 2.27. The fraction of sp³-hybridized carbons (Fsp3) is 0.353. The summed E-state index contributed by atoms with van der Waals surface area (Å²) < 4.78 is 1.94. The molecule has 0 fully saturated rings. The van der Waals surface area contributed by atoms with Crippen molar-refractivity contribution in [2.75, 3.05) is 17.7 Å². The van der Waals surface area contributed by atoms with E-state index in [0.717, 1.165) is 22.2 Å². The molecule has 0 bridgehead atoms. The zero-order chi connectivity index (χ0) is 19.1. The minimum Gasteiger partial charge on any atom is -0.364 e. The van der Waals surface area contributed by atoms with Gasteiger partial charge in [-0.2, -0.15) is 10.1 Å². The van der Waals surface area contributed by atoms with E-state index in [4.69, 9.17) is 5.73 Å². The fourth-order valence-electron chi connectivity index (χ4n) is 2.55. The van der Waals surface area contributed by atoms with Crippen LogP contribution in [0.4, 0.5) is 17.5 Å². The summed E-state index contributed by atoms with van der Waals surface area (Å²) in [6.45, 7) is 8.27. The summed E-state index contributed by atoms with van der Waals surface area (Å²) in [5.74, 6) is -0.164. The van der Waals surface area contributed by atoms with Gasteiger partial charge in [-0.25, -0.2) is 0 Å². The molecule has 0 spiro atoms. The van der Waals surface area contributed by atoms with Crippen molar-refractivity contribution in [2.45, 2.75) is 33.2 Å². The average Bonchev–Trinajstić information content (AvgIpc) is 2.99. The number of nitrogens with two attached hydrogens (primary N) is 1. The maximum absolute atomic E-state index is 11.6. The highest BCUT2D eigenvalue weighted by molar-refractivity contribution is 5.96. The average molecular weight is 354 g/mol. The van der Waals surface area contributed by atoms with Crippen LogP contribution in [-0.2, 0) is 5.54 Å². The number of anilines is 3. The Morgan fingerprint density at radius 3 is 2.58 bits per heavy atom. The number of nitrogens with one attached hydrogen (secondary N) is 2. The Kier molecular flexibility index (Phi) is 4.23. The minimum absolute atomic E-state index is 0.0212. The Bertz CT molecular complexity index is 986. The van der Waals surface area contributed by atoms with Gasteiger partial charge in [0, 0.05) is 24.3 Å².